The number of nitrogens with zero attached hydrogens (tertiary/aromatic N) is 2. The Bertz CT molecular complexity index is 798. The predicted molar refractivity (Wildman–Crippen MR) is 101 cm³/mol. The smallest absolute Gasteiger partial charge is 0.274 e. The van der Waals surface area contributed by atoms with Crippen molar-refractivity contribution in [1.29, 1.82) is 0 Å². The molecular weight excluding hydrogens is 316 g/mol. The number of carbonyl (C=O) groups excluding carboxylic acids is 1. The number of nitrogens with two attached hydrogens (primary N) is 1. The van der Waals surface area contributed by atoms with Crippen LogP contribution in [-0.2, 0) is 6.54 Å². The van der Waals surface area contributed by atoms with Crippen LogP contribution in [0.1, 0.15) is 51.0 Å². The van der Waals surface area contributed by atoms with Gasteiger partial charge in [0.05, 0.1) is 10.9 Å². The zero-order chi connectivity index (χ0) is 18.6. The normalized spacial score (nSPS) is 11.9. The van der Waals surface area contributed by atoms with Gasteiger partial charge < -0.3 is 11.1 Å². The lowest BCUT2D eigenvalue weighted by Crippen LogP contribution is -2.53. The summed E-state index contributed by atoms with van der Waals surface area (Å²) in [7, 11) is 0. The first kappa shape index (κ1) is 19.1. The molecule has 0 atom stereocenters. The van der Waals surface area contributed by atoms with E-state index in [0.29, 0.717) is 23.9 Å². The standard InChI is InChI=1S/C19H28N4O2/c1-5-19(6-2,12-20)21-17(24)16-14-9-7-8-10-15(14)18(25)23(22-16)11-13(3)4/h7-10,13H,5-6,11-12,20H2,1-4H3,(H,21,24). The van der Waals surface area contributed by atoms with Crippen LogP contribution in [0.4, 0.5) is 0 Å². The van der Waals surface area contributed by atoms with Gasteiger partial charge in [0.15, 0.2) is 5.69 Å². The molecule has 6 nitrogen and oxygen atoms in total. The van der Waals surface area contributed by atoms with E-state index < -0.39 is 5.54 Å². The van der Waals surface area contributed by atoms with Crippen molar-refractivity contribution < 1.29 is 4.79 Å². The minimum absolute atomic E-state index is 0.170. The molecule has 0 spiro atoms. The van der Waals surface area contributed by atoms with Gasteiger partial charge in [-0.1, -0.05) is 45.9 Å². The Kier molecular flexibility index (Phi) is 5.95. The third-order valence-corrected chi connectivity index (χ3v) is 4.74. The molecule has 0 aliphatic carbocycles. The van der Waals surface area contributed by atoms with Gasteiger partial charge in [0, 0.05) is 18.5 Å². The van der Waals surface area contributed by atoms with E-state index in [1.54, 1.807) is 18.2 Å². The third kappa shape index (κ3) is 3.90. The number of fused-ring (bicyclic) bond motifs is 1. The number of aromatic nitrogens is 2. The molecule has 0 aliphatic heterocycles. The number of hydrogen-bond donors (Lipinski definition) is 2. The van der Waals surface area contributed by atoms with E-state index >= 15 is 0 Å². The van der Waals surface area contributed by atoms with Gasteiger partial charge in [-0.25, -0.2) is 4.68 Å². The van der Waals surface area contributed by atoms with Crippen LogP contribution in [0.2, 0.25) is 0 Å². The van der Waals surface area contributed by atoms with Gasteiger partial charge in [-0.15, -0.1) is 0 Å². The SMILES string of the molecule is CCC(CC)(CN)NC(=O)c1nn(CC(C)C)c(=O)c2ccccc12. The topological polar surface area (TPSA) is 90.0 Å². The molecule has 0 saturated carbocycles. The Balaban J connectivity index is 2.58. The Hall–Kier alpha value is -2.21. The summed E-state index contributed by atoms with van der Waals surface area (Å²) in [5, 5.41) is 8.51. The number of hydrogen-bond acceptors (Lipinski definition) is 4. The highest BCUT2D eigenvalue weighted by atomic mass is 16.2. The van der Waals surface area contributed by atoms with Crippen LogP contribution >= 0.6 is 0 Å². The second-order valence-electron chi connectivity index (χ2n) is 6.92. The summed E-state index contributed by atoms with van der Waals surface area (Å²) in [6.45, 7) is 8.85. The van der Waals surface area contributed by atoms with Crippen LogP contribution in [0.5, 0.6) is 0 Å². The Morgan fingerprint density at radius 2 is 1.84 bits per heavy atom. The van der Waals surface area contributed by atoms with Crippen molar-refractivity contribution in [2.24, 2.45) is 11.7 Å². The first-order valence-corrected chi connectivity index (χ1v) is 8.90. The van der Waals surface area contributed by atoms with Gasteiger partial charge in [0.2, 0.25) is 0 Å². The predicted octanol–water partition coefficient (Wildman–Crippen LogP) is 2.30. The van der Waals surface area contributed by atoms with Crippen LogP contribution in [0, 0.1) is 5.92 Å². The largest absolute Gasteiger partial charge is 0.344 e. The Morgan fingerprint density at radius 3 is 2.36 bits per heavy atom. The quantitative estimate of drug-likeness (QED) is 0.806. The first-order chi connectivity index (χ1) is 11.9. The lowest BCUT2D eigenvalue weighted by Gasteiger charge is -2.31. The molecule has 2 aromatic rings. The lowest BCUT2D eigenvalue weighted by atomic mass is 9.92. The Morgan fingerprint density at radius 1 is 1.24 bits per heavy atom. The van der Waals surface area contributed by atoms with Crippen LogP contribution < -0.4 is 16.6 Å². The molecule has 25 heavy (non-hydrogen) atoms. The molecule has 0 radical (unpaired) electrons. The molecule has 0 unspecified atom stereocenters. The highest BCUT2D eigenvalue weighted by Gasteiger charge is 2.28. The zero-order valence-corrected chi connectivity index (χ0v) is 15.5. The minimum Gasteiger partial charge on any atom is -0.344 e. The summed E-state index contributed by atoms with van der Waals surface area (Å²) in [5.74, 6) is -0.0421. The fourth-order valence-electron chi connectivity index (χ4n) is 2.94. The molecule has 3 N–H and O–H groups in total. The van der Waals surface area contributed by atoms with Crippen molar-refractivity contribution in [3.8, 4) is 0 Å². The average molecular weight is 344 g/mol. The summed E-state index contributed by atoms with van der Waals surface area (Å²) in [6.07, 6.45) is 1.46. The zero-order valence-electron chi connectivity index (χ0n) is 15.5. The second-order valence-corrected chi connectivity index (χ2v) is 6.92. The van der Waals surface area contributed by atoms with Crippen molar-refractivity contribution in [3.05, 3.63) is 40.3 Å². The van der Waals surface area contributed by atoms with Gasteiger partial charge in [0.25, 0.3) is 11.5 Å². The van der Waals surface area contributed by atoms with E-state index in [9.17, 15) is 9.59 Å². The van der Waals surface area contributed by atoms with E-state index in [1.165, 1.54) is 4.68 Å². The molecule has 1 heterocycles. The van der Waals surface area contributed by atoms with Gasteiger partial charge >= 0.3 is 0 Å². The maximum atomic E-state index is 13.0. The van der Waals surface area contributed by atoms with Gasteiger partial charge in [-0.05, 0) is 24.8 Å². The fourth-order valence-corrected chi connectivity index (χ4v) is 2.94. The molecule has 0 aliphatic rings. The highest BCUT2D eigenvalue weighted by molar-refractivity contribution is 6.05. The van der Waals surface area contributed by atoms with Crippen LogP contribution in [0.3, 0.4) is 0 Å². The van der Waals surface area contributed by atoms with Crippen molar-refractivity contribution in [2.45, 2.75) is 52.6 Å². The van der Waals surface area contributed by atoms with E-state index in [2.05, 4.69) is 10.4 Å². The molecule has 1 amide bonds. The second kappa shape index (κ2) is 7.78. The number of amides is 1. The van der Waals surface area contributed by atoms with Crippen molar-refractivity contribution in [2.75, 3.05) is 6.54 Å². The van der Waals surface area contributed by atoms with Crippen LogP contribution in [0.15, 0.2) is 29.1 Å². The summed E-state index contributed by atoms with van der Waals surface area (Å²) in [6, 6.07) is 7.11. The van der Waals surface area contributed by atoms with Crippen molar-refractivity contribution in [1.82, 2.24) is 15.1 Å². The third-order valence-electron chi connectivity index (χ3n) is 4.74. The molecule has 0 fully saturated rings. The van der Waals surface area contributed by atoms with Crippen LogP contribution in [0.25, 0.3) is 10.8 Å². The van der Waals surface area contributed by atoms with E-state index in [4.69, 9.17) is 5.73 Å². The molecular formula is C19H28N4O2. The Labute approximate surface area is 148 Å². The maximum absolute atomic E-state index is 13.0. The number of carbonyl (C=O) groups is 1. The van der Waals surface area contributed by atoms with E-state index in [1.807, 2.05) is 33.8 Å². The average Bonchev–Trinajstić information content (AvgIpc) is 2.61. The number of nitrogens with one attached hydrogen (secondary N) is 1. The summed E-state index contributed by atoms with van der Waals surface area (Å²) < 4.78 is 1.39. The molecule has 0 saturated heterocycles. The van der Waals surface area contributed by atoms with Gasteiger partial charge in [0.1, 0.15) is 0 Å². The lowest BCUT2D eigenvalue weighted by molar-refractivity contribution is 0.0889. The fraction of sp³-hybridized carbons (Fsp3) is 0.526. The van der Waals surface area contributed by atoms with Crippen molar-refractivity contribution in [3.63, 3.8) is 0 Å². The van der Waals surface area contributed by atoms with Gasteiger partial charge in [-0.3, -0.25) is 9.59 Å². The molecule has 2 rings (SSSR count). The number of rotatable bonds is 7. The first-order valence-electron chi connectivity index (χ1n) is 8.90. The van der Waals surface area contributed by atoms with E-state index in [0.717, 1.165) is 12.8 Å². The summed E-state index contributed by atoms with van der Waals surface area (Å²) >= 11 is 0. The minimum atomic E-state index is -0.459. The summed E-state index contributed by atoms with van der Waals surface area (Å²) in [5.41, 5.74) is 5.54. The molecule has 1 aromatic carbocycles. The van der Waals surface area contributed by atoms with Crippen LogP contribution in [-0.4, -0.2) is 27.8 Å². The van der Waals surface area contributed by atoms with Gasteiger partial charge in [-0.2, -0.15) is 5.10 Å². The molecule has 136 valence electrons. The maximum Gasteiger partial charge on any atom is 0.274 e. The highest BCUT2D eigenvalue weighted by Crippen LogP contribution is 2.18. The molecule has 0 bridgehead atoms. The number of benzene rings is 1. The van der Waals surface area contributed by atoms with E-state index in [-0.39, 0.29) is 23.1 Å². The molecule has 6 heteroatoms. The molecule has 1 aromatic heterocycles. The monoisotopic (exact) mass is 344 g/mol. The van der Waals surface area contributed by atoms with Crippen molar-refractivity contribution >= 4 is 16.7 Å². The summed E-state index contributed by atoms with van der Waals surface area (Å²) in [4.78, 5) is 25.6.